The summed E-state index contributed by atoms with van der Waals surface area (Å²) >= 11 is 3.42. The van der Waals surface area contributed by atoms with Crippen molar-refractivity contribution in [2.75, 3.05) is 7.11 Å². The highest BCUT2D eigenvalue weighted by atomic mass is 79.9. The Hall–Kier alpha value is -1.39. The summed E-state index contributed by atoms with van der Waals surface area (Å²) in [6, 6.07) is 12.9. The molecule has 0 aromatic heterocycles. The highest BCUT2D eigenvalue weighted by Crippen LogP contribution is 2.29. The van der Waals surface area contributed by atoms with Crippen molar-refractivity contribution in [1.29, 1.82) is 0 Å². The molecule has 0 aliphatic heterocycles. The number of benzene rings is 2. The van der Waals surface area contributed by atoms with Gasteiger partial charge in [-0.1, -0.05) is 34.1 Å². The summed E-state index contributed by atoms with van der Waals surface area (Å²) in [6.45, 7) is 4.00. The average Bonchev–Trinajstić information content (AvgIpc) is 2.47. The normalized spacial score (nSPS) is 13.8. The van der Waals surface area contributed by atoms with Crippen molar-refractivity contribution < 1.29 is 9.13 Å². The Bertz CT molecular complexity index is 600. The third kappa shape index (κ3) is 3.83. The fraction of sp³-hybridized carbons (Fsp3) is 0.294. The van der Waals surface area contributed by atoms with Gasteiger partial charge in [0.2, 0.25) is 0 Å². The maximum absolute atomic E-state index is 14.1. The maximum atomic E-state index is 14.1. The Kier molecular flexibility index (Phi) is 5.37. The van der Waals surface area contributed by atoms with E-state index >= 15 is 0 Å². The highest BCUT2D eigenvalue weighted by Gasteiger charge is 2.18. The molecule has 0 fully saturated rings. The van der Waals surface area contributed by atoms with Gasteiger partial charge in [-0.3, -0.25) is 0 Å². The van der Waals surface area contributed by atoms with E-state index in [0.717, 1.165) is 10.0 Å². The van der Waals surface area contributed by atoms with Gasteiger partial charge in [0, 0.05) is 22.1 Å². The van der Waals surface area contributed by atoms with E-state index in [1.807, 2.05) is 31.2 Å². The van der Waals surface area contributed by atoms with Gasteiger partial charge in [-0.15, -0.1) is 0 Å². The van der Waals surface area contributed by atoms with Crippen LogP contribution in [0, 0.1) is 5.82 Å². The number of rotatable bonds is 5. The summed E-state index contributed by atoms with van der Waals surface area (Å²) in [5, 5.41) is 3.41. The lowest BCUT2D eigenvalue weighted by atomic mass is 10.0. The Morgan fingerprint density at radius 2 is 1.71 bits per heavy atom. The molecule has 21 heavy (non-hydrogen) atoms. The third-order valence-corrected chi connectivity index (χ3v) is 4.06. The number of hydrogen-bond acceptors (Lipinski definition) is 2. The molecule has 1 N–H and O–H groups in total. The smallest absolute Gasteiger partial charge is 0.131 e. The van der Waals surface area contributed by atoms with Gasteiger partial charge in [-0.25, -0.2) is 4.39 Å². The zero-order chi connectivity index (χ0) is 15.4. The van der Waals surface area contributed by atoms with Crippen molar-refractivity contribution in [2.45, 2.75) is 25.9 Å². The first-order chi connectivity index (χ1) is 10.0. The molecule has 0 spiro atoms. The van der Waals surface area contributed by atoms with Crippen molar-refractivity contribution in [3.05, 3.63) is 63.9 Å². The molecule has 0 aliphatic carbocycles. The molecule has 4 heteroatoms. The van der Waals surface area contributed by atoms with Gasteiger partial charge in [0.1, 0.15) is 11.6 Å². The molecule has 112 valence electrons. The lowest BCUT2D eigenvalue weighted by Crippen LogP contribution is -2.23. The fourth-order valence-corrected chi connectivity index (χ4v) is 2.69. The highest BCUT2D eigenvalue weighted by molar-refractivity contribution is 9.10. The van der Waals surface area contributed by atoms with Gasteiger partial charge >= 0.3 is 0 Å². The second-order valence-electron chi connectivity index (χ2n) is 5.02. The van der Waals surface area contributed by atoms with Crippen molar-refractivity contribution >= 4 is 15.9 Å². The molecule has 2 rings (SSSR count). The Morgan fingerprint density at radius 3 is 2.33 bits per heavy atom. The summed E-state index contributed by atoms with van der Waals surface area (Å²) in [7, 11) is 1.56. The molecule has 0 aliphatic rings. The van der Waals surface area contributed by atoms with Crippen molar-refractivity contribution in [3.8, 4) is 5.75 Å². The van der Waals surface area contributed by atoms with E-state index in [0.29, 0.717) is 11.3 Å². The first kappa shape index (κ1) is 16.0. The third-order valence-electron chi connectivity index (χ3n) is 3.54. The molecule has 0 radical (unpaired) electrons. The van der Waals surface area contributed by atoms with Crippen LogP contribution in [0.5, 0.6) is 5.75 Å². The summed E-state index contributed by atoms with van der Waals surface area (Å²) in [5.74, 6) is 0.315. The zero-order valence-electron chi connectivity index (χ0n) is 12.4. The molecule has 0 amide bonds. The van der Waals surface area contributed by atoms with Crippen LogP contribution in [0.1, 0.15) is 37.1 Å². The number of hydrogen-bond donors (Lipinski definition) is 1. The molecule has 0 saturated carbocycles. The van der Waals surface area contributed by atoms with E-state index in [1.54, 1.807) is 19.2 Å². The van der Waals surface area contributed by atoms with Gasteiger partial charge in [0.05, 0.1) is 7.11 Å². The minimum Gasteiger partial charge on any atom is -0.496 e. The van der Waals surface area contributed by atoms with Crippen LogP contribution < -0.4 is 10.1 Å². The summed E-state index contributed by atoms with van der Waals surface area (Å²) < 4.78 is 20.4. The number of nitrogens with one attached hydrogen (secondary N) is 1. The monoisotopic (exact) mass is 351 g/mol. The van der Waals surface area contributed by atoms with Gasteiger partial charge in [-0.2, -0.15) is 0 Å². The predicted molar refractivity (Wildman–Crippen MR) is 87.1 cm³/mol. The first-order valence-electron chi connectivity index (χ1n) is 6.87. The largest absolute Gasteiger partial charge is 0.496 e. The molecule has 1 unspecified atom stereocenters. The molecule has 2 nitrogen and oxygen atoms in total. The fourth-order valence-electron chi connectivity index (χ4n) is 2.42. The number of ether oxygens (including phenoxy) is 1. The van der Waals surface area contributed by atoms with Gasteiger partial charge in [-0.05, 0) is 43.7 Å². The SMILES string of the molecule is COc1cccc(F)c1C(C)N[C@@H](C)c1ccc(Br)cc1. The molecule has 0 saturated heterocycles. The van der Waals surface area contributed by atoms with Crippen LogP contribution in [0.25, 0.3) is 0 Å². The quantitative estimate of drug-likeness (QED) is 0.817. The predicted octanol–water partition coefficient (Wildman–Crippen LogP) is 5.01. The van der Waals surface area contributed by atoms with Crippen LogP contribution in [0.3, 0.4) is 0 Å². The van der Waals surface area contributed by atoms with Gasteiger partial charge < -0.3 is 10.1 Å². The van der Waals surface area contributed by atoms with Crippen molar-refractivity contribution in [1.82, 2.24) is 5.32 Å². The molecular formula is C17H19BrFNO. The van der Waals surface area contributed by atoms with Crippen LogP contribution >= 0.6 is 15.9 Å². The van der Waals surface area contributed by atoms with Gasteiger partial charge in [0.25, 0.3) is 0 Å². The average molecular weight is 352 g/mol. The van der Waals surface area contributed by atoms with E-state index in [1.165, 1.54) is 6.07 Å². The van der Waals surface area contributed by atoms with Crippen LogP contribution in [0.15, 0.2) is 46.9 Å². The molecule has 0 heterocycles. The van der Waals surface area contributed by atoms with E-state index in [2.05, 4.69) is 28.2 Å². The van der Waals surface area contributed by atoms with Crippen LogP contribution in [-0.2, 0) is 0 Å². The Balaban J connectivity index is 2.18. The van der Waals surface area contributed by atoms with Crippen LogP contribution in [-0.4, -0.2) is 7.11 Å². The number of halogens is 2. The van der Waals surface area contributed by atoms with Crippen LogP contribution in [0.4, 0.5) is 4.39 Å². The standard InChI is InChI=1S/C17H19BrFNO/c1-11(13-7-9-14(18)10-8-13)20-12(2)17-15(19)5-4-6-16(17)21-3/h4-12,20H,1-3H3/t11-,12?/m0/s1. The minimum atomic E-state index is -0.252. The second kappa shape index (κ2) is 7.05. The van der Waals surface area contributed by atoms with Crippen LogP contribution in [0.2, 0.25) is 0 Å². The van der Waals surface area contributed by atoms with Gasteiger partial charge in [0.15, 0.2) is 0 Å². The Morgan fingerprint density at radius 1 is 1.05 bits per heavy atom. The molecular weight excluding hydrogens is 333 g/mol. The second-order valence-corrected chi connectivity index (χ2v) is 5.93. The summed E-state index contributed by atoms with van der Waals surface area (Å²) in [6.07, 6.45) is 0. The van der Waals surface area contributed by atoms with E-state index in [4.69, 9.17) is 4.74 Å². The zero-order valence-corrected chi connectivity index (χ0v) is 13.9. The topological polar surface area (TPSA) is 21.3 Å². The Labute approximate surface area is 133 Å². The lowest BCUT2D eigenvalue weighted by Gasteiger charge is -2.22. The first-order valence-corrected chi connectivity index (χ1v) is 7.66. The van der Waals surface area contributed by atoms with E-state index < -0.39 is 0 Å². The molecule has 2 aromatic rings. The van der Waals surface area contributed by atoms with Crippen molar-refractivity contribution in [3.63, 3.8) is 0 Å². The number of methoxy groups -OCH3 is 1. The van der Waals surface area contributed by atoms with E-state index in [-0.39, 0.29) is 17.9 Å². The minimum absolute atomic E-state index is 0.109. The molecule has 0 bridgehead atoms. The molecule has 2 atom stereocenters. The maximum Gasteiger partial charge on any atom is 0.131 e. The van der Waals surface area contributed by atoms with Crippen molar-refractivity contribution in [2.24, 2.45) is 0 Å². The summed E-state index contributed by atoms with van der Waals surface area (Å²) in [5.41, 5.74) is 1.71. The molecule has 2 aromatic carbocycles. The lowest BCUT2D eigenvalue weighted by molar-refractivity contribution is 0.387. The van der Waals surface area contributed by atoms with E-state index in [9.17, 15) is 4.39 Å². The summed E-state index contributed by atoms with van der Waals surface area (Å²) in [4.78, 5) is 0.